The van der Waals surface area contributed by atoms with E-state index in [1.807, 2.05) is 59.9 Å². The minimum atomic E-state index is -0.118. The summed E-state index contributed by atoms with van der Waals surface area (Å²) in [4.78, 5) is 25.0. The summed E-state index contributed by atoms with van der Waals surface area (Å²) >= 11 is 15.7. The van der Waals surface area contributed by atoms with E-state index in [-0.39, 0.29) is 18.5 Å². The van der Waals surface area contributed by atoms with Crippen molar-refractivity contribution >= 4 is 181 Å². The number of nitrogens with two attached hydrogens (primary N) is 1. The lowest BCUT2D eigenvalue weighted by molar-refractivity contribution is 0.345. The topological polar surface area (TPSA) is 215 Å². The van der Waals surface area contributed by atoms with E-state index in [2.05, 4.69) is 105 Å². The first-order valence-electron chi connectivity index (χ1n) is 23.8. The first-order chi connectivity index (χ1) is 38.1. The number of nitrogen functional groups attached to an aromatic ring is 1. The molecule has 2 aromatic carbocycles. The first kappa shape index (κ1) is 65.7. The summed E-state index contributed by atoms with van der Waals surface area (Å²) in [6.45, 7) is 24.0. The molecule has 4 N–H and O–H groups in total. The highest BCUT2D eigenvalue weighted by Crippen LogP contribution is 2.42. The normalized spacial score (nSPS) is 11.0. The van der Waals surface area contributed by atoms with Gasteiger partial charge in [0.15, 0.2) is 0 Å². The number of hydrogen-bond acceptors (Lipinski definition) is 15. The fourth-order valence-corrected chi connectivity index (χ4v) is 33.7. The summed E-state index contributed by atoms with van der Waals surface area (Å²) < 4.78 is 26.0. The molecule has 0 spiro atoms. The Balaban J connectivity index is 0.000000192. The molecule has 434 valence electrons. The van der Waals surface area contributed by atoms with Crippen LogP contribution in [0.2, 0.25) is 5.15 Å². The second kappa shape index (κ2) is 29.4. The number of hydrogen-bond donors (Lipinski definition) is 3. The SMILES string of the molecule is C.CC(C)(C)n1nccc1N.COc1cc2c(cc1-c1c(C)noc1C)[nH]c1nc(C)nc(Cc3ccnn3C(C)(C)C)c12.COc1cc2c(cc1-c1c(C)noc1C)[nH]c1nc(C)nc(Cl)c12.S=S=S=S=S=S=S=S=S=S=S=S=S. The van der Waals surface area contributed by atoms with E-state index in [0.717, 1.165) is 112 Å². The molecule has 0 saturated heterocycles. The summed E-state index contributed by atoms with van der Waals surface area (Å²) in [5.41, 5.74) is 16.3. The summed E-state index contributed by atoms with van der Waals surface area (Å²) in [7, 11) is 21.4. The Morgan fingerprint density at radius 3 is 1.44 bits per heavy atom. The number of nitrogens with zero attached hydrogens (tertiary/aromatic N) is 10. The molecule has 8 aromatic heterocycles. The molecule has 0 fully saturated rings. The third-order valence-electron chi connectivity index (χ3n) is 11.7. The Kier molecular flexibility index (Phi) is 23.9. The molecule has 17 nitrogen and oxygen atoms in total. The zero-order valence-electron chi connectivity index (χ0n) is 45.7. The van der Waals surface area contributed by atoms with Crippen LogP contribution in [0.1, 0.15) is 94.9 Å². The lowest BCUT2D eigenvalue weighted by Gasteiger charge is -2.22. The average molecular weight is 1360 g/mol. The second-order valence-electron chi connectivity index (χ2n) is 19.2. The van der Waals surface area contributed by atoms with E-state index >= 15 is 0 Å². The fourth-order valence-electron chi connectivity index (χ4n) is 8.71. The molecule has 0 aliphatic heterocycles. The van der Waals surface area contributed by atoms with Crippen LogP contribution in [0.5, 0.6) is 11.5 Å². The van der Waals surface area contributed by atoms with Gasteiger partial charge in [0.05, 0.1) is 65.1 Å². The molecule has 0 unspecified atom stereocenters. The standard InChI is InChI=1S/C25H28N6O2.C17H15ClN4O2.C7H13N3.CH4.S13/c1-13-22(14(2)33-30-13)18-11-19-17(12-21(18)32-7)23-20(27-15(3)28-24(23)29-19)10-16-8-9-26-31(16)25(4,5)6;1-7-14(8(2)24-22-7)11-5-12-10(6-13(11)23-4)15-16(18)19-9(3)20-17(15)21-12;1-7(2,3)10-6(8)4-5-9-10;;1-3-5-7-9-11-13-12-10-8-6-4-2/h8-9,11-12H,10H2,1-7H3,(H,27,28,29);5-6H,1-4H3,(H,19,20,21);4-5H,8H2,1-3H3;1H4;. The number of anilines is 1. The number of H-pyrrole nitrogens is 2. The van der Waals surface area contributed by atoms with Crippen molar-refractivity contribution in [3.05, 3.63) is 99.9 Å². The van der Waals surface area contributed by atoms with E-state index in [1.54, 1.807) is 111 Å². The Morgan fingerprint density at radius 2 is 1.04 bits per heavy atom. The number of nitrogens with one attached hydrogen (secondary N) is 2. The minimum absolute atomic E-state index is 0. The number of fused-ring (bicyclic) bond motifs is 6. The zero-order valence-corrected chi connectivity index (χ0v) is 57.1. The molecule has 81 heavy (non-hydrogen) atoms. The van der Waals surface area contributed by atoms with Crippen LogP contribution in [0.3, 0.4) is 0 Å². The van der Waals surface area contributed by atoms with Crippen molar-refractivity contribution in [2.75, 3.05) is 20.0 Å². The predicted octanol–water partition coefficient (Wildman–Crippen LogP) is 11.4. The molecule has 0 amide bonds. The van der Waals surface area contributed by atoms with Crippen LogP contribution in [0.25, 0.3) is 66.1 Å². The minimum Gasteiger partial charge on any atom is -0.496 e. The molecule has 10 aromatic rings. The van der Waals surface area contributed by atoms with Crippen molar-refractivity contribution in [3.8, 4) is 33.8 Å². The summed E-state index contributed by atoms with van der Waals surface area (Å²) in [6, 6.07) is 11.9. The quantitative estimate of drug-likeness (QED) is 0.132. The van der Waals surface area contributed by atoms with Crippen LogP contribution in [0.4, 0.5) is 5.82 Å². The predicted molar refractivity (Wildman–Crippen MR) is 364 cm³/mol. The van der Waals surface area contributed by atoms with Crippen molar-refractivity contribution in [2.45, 2.75) is 108 Å². The van der Waals surface area contributed by atoms with Gasteiger partial charge < -0.3 is 34.2 Å². The lowest BCUT2D eigenvalue weighted by Crippen LogP contribution is -2.25. The van der Waals surface area contributed by atoms with Crippen LogP contribution < -0.4 is 15.2 Å². The Hall–Kier alpha value is -4.41. The van der Waals surface area contributed by atoms with Crippen molar-refractivity contribution in [1.82, 2.24) is 59.8 Å². The van der Waals surface area contributed by atoms with Gasteiger partial charge >= 0.3 is 0 Å². The number of rotatable bonds is 6. The van der Waals surface area contributed by atoms with Crippen LogP contribution in [0, 0.1) is 41.5 Å². The van der Waals surface area contributed by atoms with Crippen molar-refractivity contribution in [2.24, 2.45) is 0 Å². The third-order valence-corrected chi connectivity index (χ3v) is 34.2. The fraction of sp³-hybridized carbons (Fsp3) is 0.360. The molecular formula is C50H60ClN13O4S13. The number of halogens is 1. The third kappa shape index (κ3) is 16.1. The van der Waals surface area contributed by atoms with Crippen LogP contribution in [0.15, 0.2) is 57.8 Å². The number of aromatic nitrogens is 12. The van der Waals surface area contributed by atoms with Gasteiger partial charge in [-0.2, -0.15) is 10.2 Å². The van der Waals surface area contributed by atoms with Crippen molar-refractivity contribution in [1.29, 1.82) is 0 Å². The zero-order chi connectivity index (χ0) is 58.1. The molecule has 0 aliphatic rings. The summed E-state index contributed by atoms with van der Waals surface area (Å²) in [5, 5.41) is 20.9. The number of benzene rings is 2. The molecular weight excluding hydrogens is 1300 g/mol. The maximum atomic E-state index is 6.33. The molecule has 0 bridgehead atoms. The van der Waals surface area contributed by atoms with Crippen LogP contribution in [-0.4, -0.2) is 74.0 Å². The highest BCUT2D eigenvalue weighted by Gasteiger charge is 2.24. The lowest BCUT2D eigenvalue weighted by atomic mass is 10.00. The van der Waals surface area contributed by atoms with Gasteiger partial charge in [0.2, 0.25) is 0 Å². The summed E-state index contributed by atoms with van der Waals surface area (Å²) in [5.74, 6) is 5.04. The molecule has 0 saturated carbocycles. The Labute approximate surface area is 515 Å². The first-order valence-corrected chi connectivity index (χ1v) is 40.2. The van der Waals surface area contributed by atoms with E-state index in [0.29, 0.717) is 28.9 Å². The number of aryl methyl sites for hydroxylation is 6. The number of aromatic amines is 2. The summed E-state index contributed by atoms with van der Waals surface area (Å²) in [6.07, 6.45) is 4.21. The molecule has 0 radical (unpaired) electrons. The largest absolute Gasteiger partial charge is 0.496 e. The van der Waals surface area contributed by atoms with E-state index in [9.17, 15) is 0 Å². The maximum absolute atomic E-state index is 6.33. The average Bonchev–Trinajstić information content (AvgIpc) is 3.92. The Morgan fingerprint density at radius 1 is 0.605 bits per heavy atom. The molecule has 8 heterocycles. The molecule has 0 aliphatic carbocycles. The van der Waals surface area contributed by atoms with Gasteiger partial charge in [-0.3, -0.25) is 4.68 Å². The van der Waals surface area contributed by atoms with Crippen LogP contribution in [-0.2, 0) is 138 Å². The van der Waals surface area contributed by atoms with Gasteiger partial charge in [0.1, 0.15) is 56.9 Å². The van der Waals surface area contributed by atoms with Gasteiger partial charge in [-0.25, -0.2) is 24.6 Å². The van der Waals surface area contributed by atoms with Crippen molar-refractivity contribution in [3.63, 3.8) is 0 Å². The Bertz CT molecular complexity index is 4380. The monoisotopic (exact) mass is 1360 g/mol. The van der Waals surface area contributed by atoms with Gasteiger partial charge in [-0.05, 0) is 119 Å². The van der Waals surface area contributed by atoms with Gasteiger partial charge in [-0.15, -0.1) is 0 Å². The van der Waals surface area contributed by atoms with Crippen molar-refractivity contribution < 1.29 is 18.5 Å². The van der Waals surface area contributed by atoms with Gasteiger partial charge in [0, 0.05) is 177 Å². The smallest absolute Gasteiger partial charge is 0.143 e. The van der Waals surface area contributed by atoms with E-state index in [4.69, 9.17) is 68.2 Å². The van der Waals surface area contributed by atoms with E-state index in [1.165, 1.54) is 17.8 Å². The number of methoxy groups -OCH3 is 2. The van der Waals surface area contributed by atoms with Crippen LogP contribution >= 0.6 is 11.6 Å². The number of ether oxygens (including phenoxy) is 2. The second-order valence-corrected chi connectivity index (χ2v) is 39.1. The van der Waals surface area contributed by atoms with Gasteiger partial charge in [-0.1, -0.05) is 29.3 Å². The highest BCUT2D eigenvalue weighted by atomic mass is 35.5. The highest BCUT2D eigenvalue weighted by molar-refractivity contribution is 8.75. The van der Waals surface area contributed by atoms with E-state index < -0.39 is 0 Å². The van der Waals surface area contributed by atoms with Gasteiger partial charge in [0.25, 0.3) is 0 Å². The molecule has 0 atom stereocenters. The molecule has 10 rings (SSSR count). The maximum Gasteiger partial charge on any atom is 0.143 e. The molecule has 31 heteroatoms.